The molecule has 0 aromatic carbocycles. The lowest BCUT2D eigenvalue weighted by molar-refractivity contribution is -0.124. The monoisotopic (exact) mass is 137 g/mol. The molecule has 0 aromatic heterocycles. The average molecular weight is 137 g/mol. The van der Waals surface area contributed by atoms with Crippen molar-refractivity contribution in [1.82, 2.24) is 4.90 Å². The van der Waals surface area contributed by atoms with Gasteiger partial charge in [0.1, 0.15) is 5.78 Å². The maximum atomic E-state index is 11.0. The van der Waals surface area contributed by atoms with E-state index in [0.717, 1.165) is 18.9 Å². The number of nitrogens with zero attached hydrogens (tertiary/aromatic N) is 1. The van der Waals surface area contributed by atoms with Crippen LogP contribution in [0, 0.1) is 5.92 Å². The van der Waals surface area contributed by atoms with E-state index in [1.54, 1.807) is 0 Å². The van der Waals surface area contributed by atoms with Gasteiger partial charge in [-0.3, -0.25) is 9.69 Å². The second-order valence-electron chi connectivity index (χ2n) is 3.94. The molecule has 2 saturated heterocycles. The zero-order valence-corrected chi connectivity index (χ0v) is 5.97. The number of rotatable bonds is 0. The molecule has 3 fully saturated rings. The number of carbonyl (C=O) groups excluding carboxylic acids is 1. The Morgan fingerprint density at radius 3 is 3.10 bits per heavy atom. The van der Waals surface area contributed by atoms with E-state index in [4.69, 9.17) is 0 Å². The van der Waals surface area contributed by atoms with Crippen molar-refractivity contribution in [3.05, 3.63) is 0 Å². The van der Waals surface area contributed by atoms with Crippen LogP contribution in [0.15, 0.2) is 0 Å². The number of hydrogen-bond acceptors (Lipinski definition) is 2. The van der Waals surface area contributed by atoms with E-state index in [-0.39, 0.29) is 0 Å². The van der Waals surface area contributed by atoms with Crippen LogP contribution in [0.25, 0.3) is 0 Å². The molecule has 2 nitrogen and oxygen atoms in total. The van der Waals surface area contributed by atoms with Gasteiger partial charge in [-0.25, -0.2) is 0 Å². The minimum absolute atomic E-state index is 0.470. The van der Waals surface area contributed by atoms with Crippen molar-refractivity contribution in [3.63, 3.8) is 0 Å². The number of hydrogen-bond donors (Lipinski definition) is 0. The molecule has 2 heteroatoms. The summed E-state index contributed by atoms with van der Waals surface area (Å²) in [6, 6.07) is 0. The van der Waals surface area contributed by atoms with Gasteiger partial charge < -0.3 is 0 Å². The lowest BCUT2D eigenvalue weighted by atomic mass is 9.69. The maximum Gasteiger partial charge on any atom is 0.147 e. The van der Waals surface area contributed by atoms with Crippen LogP contribution in [-0.2, 0) is 4.79 Å². The van der Waals surface area contributed by atoms with Gasteiger partial charge in [-0.05, 0) is 18.8 Å². The molecule has 3 rings (SSSR count). The Balaban J connectivity index is 1.91. The molecule has 2 aliphatic heterocycles. The van der Waals surface area contributed by atoms with E-state index in [2.05, 4.69) is 4.90 Å². The van der Waals surface area contributed by atoms with E-state index in [1.165, 1.54) is 19.4 Å². The largest absolute Gasteiger partial charge is 0.298 e. The quantitative estimate of drug-likeness (QED) is 0.451. The van der Waals surface area contributed by atoms with Gasteiger partial charge in [0.2, 0.25) is 0 Å². The standard InChI is InChI=1S/C8H11NO/c10-7-3-6-1-2-8(6)5-9(8)4-7/h6H,1-5H2/t6?,8-,9?/m0/s1. The third-order valence-electron chi connectivity index (χ3n) is 3.52. The molecule has 10 heavy (non-hydrogen) atoms. The first-order valence-electron chi connectivity index (χ1n) is 4.08. The Kier molecular flexibility index (Phi) is 0.691. The van der Waals surface area contributed by atoms with Gasteiger partial charge >= 0.3 is 0 Å². The van der Waals surface area contributed by atoms with Crippen molar-refractivity contribution >= 4 is 5.78 Å². The minimum Gasteiger partial charge on any atom is -0.298 e. The first-order valence-corrected chi connectivity index (χ1v) is 4.08. The molecular formula is C8H11NO. The second-order valence-corrected chi connectivity index (χ2v) is 3.94. The molecular weight excluding hydrogens is 126 g/mol. The highest BCUT2D eigenvalue weighted by molar-refractivity contribution is 5.83. The molecule has 0 aromatic rings. The minimum atomic E-state index is 0.470. The van der Waals surface area contributed by atoms with E-state index in [0.29, 0.717) is 11.3 Å². The molecule has 1 saturated carbocycles. The fraction of sp³-hybridized carbons (Fsp3) is 0.875. The van der Waals surface area contributed by atoms with Gasteiger partial charge in [0.15, 0.2) is 0 Å². The third-order valence-corrected chi connectivity index (χ3v) is 3.52. The second kappa shape index (κ2) is 1.30. The molecule has 54 valence electrons. The summed E-state index contributed by atoms with van der Waals surface area (Å²) in [5, 5.41) is 0. The fourth-order valence-corrected chi connectivity index (χ4v) is 2.66. The van der Waals surface area contributed by atoms with Gasteiger partial charge in [-0.2, -0.15) is 0 Å². The molecule has 0 radical (unpaired) electrons. The van der Waals surface area contributed by atoms with Gasteiger partial charge in [0, 0.05) is 18.5 Å². The number of Topliss-reactive ketones (excluding diaryl/α,β-unsaturated/α-hetero) is 1. The normalized spacial score (nSPS) is 56.6. The van der Waals surface area contributed by atoms with Gasteiger partial charge in [-0.1, -0.05) is 0 Å². The highest BCUT2D eigenvalue weighted by Gasteiger charge is 2.64. The summed E-state index contributed by atoms with van der Waals surface area (Å²) in [4.78, 5) is 13.4. The van der Waals surface area contributed by atoms with Crippen molar-refractivity contribution < 1.29 is 4.79 Å². The lowest BCUT2D eigenvalue weighted by Gasteiger charge is -2.40. The van der Waals surface area contributed by atoms with Gasteiger partial charge in [-0.15, -0.1) is 0 Å². The van der Waals surface area contributed by atoms with Crippen LogP contribution in [0.1, 0.15) is 19.3 Å². The van der Waals surface area contributed by atoms with E-state index >= 15 is 0 Å². The Bertz CT molecular complexity index is 213. The highest BCUT2D eigenvalue weighted by atomic mass is 16.1. The molecule has 3 atom stereocenters. The van der Waals surface area contributed by atoms with Crippen LogP contribution in [0.3, 0.4) is 0 Å². The van der Waals surface area contributed by atoms with Gasteiger partial charge in [0.25, 0.3) is 0 Å². The van der Waals surface area contributed by atoms with E-state index < -0.39 is 0 Å². The van der Waals surface area contributed by atoms with Crippen molar-refractivity contribution in [2.75, 3.05) is 13.1 Å². The molecule has 2 heterocycles. The Hall–Kier alpha value is -0.370. The van der Waals surface area contributed by atoms with Crippen LogP contribution >= 0.6 is 0 Å². The van der Waals surface area contributed by atoms with Crippen LogP contribution in [0.2, 0.25) is 0 Å². The van der Waals surface area contributed by atoms with E-state index in [1.807, 2.05) is 0 Å². The smallest absolute Gasteiger partial charge is 0.147 e. The number of ketones is 1. The van der Waals surface area contributed by atoms with Crippen molar-refractivity contribution in [2.45, 2.75) is 24.8 Å². The van der Waals surface area contributed by atoms with E-state index in [9.17, 15) is 4.79 Å². The summed E-state index contributed by atoms with van der Waals surface area (Å²) >= 11 is 0. The molecule has 0 N–H and O–H groups in total. The maximum absolute atomic E-state index is 11.0. The number of piperidine rings is 1. The van der Waals surface area contributed by atoms with Crippen molar-refractivity contribution in [1.29, 1.82) is 0 Å². The summed E-state index contributed by atoms with van der Waals surface area (Å²) in [5.74, 6) is 1.23. The molecule has 1 spiro atoms. The first-order chi connectivity index (χ1) is 4.81. The highest BCUT2D eigenvalue weighted by Crippen LogP contribution is 2.57. The third kappa shape index (κ3) is 0.409. The zero-order chi connectivity index (χ0) is 6.77. The van der Waals surface area contributed by atoms with Crippen molar-refractivity contribution in [2.24, 2.45) is 5.92 Å². The van der Waals surface area contributed by atoms with Crippen LogP contribution in [0.4, 0.5) is 0 Å². The summed E-state index contributed by atoms with van der Waals surface area (Å²) < 4.78 is 0. The number of carbonyl (C=O) groups is 1. The summed E-state index contributed by atoms with van der Waals surface area (Å²) in [5.41, 5.74) is 0.577. The topological polar surface area (TPSA) is 20.1 Å². The molecule has 1 aliphatic carbocycles. The lowest BCUT2D eigenvalue weighted by Crippen LogP contribution is -2.45. The summed E-state index contributed by atoms with van der Waals surface area (Å²) in [6.07, 6.45) is 3.56. The van der Waals surface area contributed by atoms with Crippen molar-refractivity contribution in [3.8, 4) is 0 Å². The zero-order valence-electron chi connectivity index (χ0n) is 5.97. The molecule has 0 amide bonds. The summed E-state index contributed by atoms with van der Waals surface area (Å²) in [7, 11) is 0. The van der Waals surface area contributed by atoms with Crippen LogP contribution in [0.5, 0.6) is 0 Å². The molecule has 3 aliphatic rings. The predicted octanol–water partition coefficient (Wildman–Crippen LogP) is 0.424. The Labute approximate surface area is 60.2 Å². The fourth-order valence-electron chi connectivity index (χ4n) is 2.66. The summed E-state index contributed by atoms with van der Waals surface area (Å²) in [6.45, 7) is 1.99. The predicted molar refractivity (Wildman–Crippen MR) is 36.7 cm³/mol. The SMILES string of the molecule is O=C1CC2CC[C@]23CN3C1. The van der Waals surface area contributed by atoms with Crippen LogP contribution in [-0.4, -0.2) is 29.3 Å². The average Bonchev–Trinajstić information content (AvgIpc) is 2.56. The Morgan fingerprint density at radius 2 is 2.50 bits per heavy atom. The molecule has 2 unspecified atom stereocenters. The Morgan fingerprint density at radius 1 is 1.60 bits per heavy atom. The van der Waals surface area contributed by atoms with Gasteiger partial charge in [0.05, 0.1) is 6.54 Å². The van der Waals surface area contributed by atoms with Crippen LogP contribution < -0.4 is 0 Å². The first kappa shape index (κ1) is 5.30. The molecule has 0 bridgehead atoms.